The number of rotatable bonds is 4. The van der Waals surface area contributed by atoms with Gasteiger partial charge in [-0.2, -0.15) is 5.10 Å². The van der Waals surface area contributed by atoms with E-state index in [4.69, 9.17) is 25.6 Å². The van der Waals surface area contributed by atoms with Crippen molar-refractivity contribution < 1.29 is 13.9 Å². The lowest BCUT2D eigenvalue weighted by Crippen LogP contribution is -2.19. The molecule has 6 rings (SSSR count). The summed E-state index contributed by atoms with van der Waals surface area (Å²) in [5, 5.41) is 12.1. The average Bonchev–Trinajstić information content (AvgIpc) is 3.53. The third-order valence-electron chi connectivity index (χ3n) is 6.28. The summed E-state index contributed by atoms with van der Waals surface area (Å²) in [6, 6.07) is 9.77. The van der Waals surface area contributed by atoms with Crippen molar-refractivity contribution in [1.29, 1.82) is 0 Å². The molecule has 1 aliphatic rings. The van der Waals surface area contributed by atoms with Crippen LogP contribution in [0, 0.1) is 6.92 Å². The van der Waals surface area contributed by atoms with E-state index in [1.165, 1.54) is 0 Å². The lowest BCUT2D eigenvalue weighted by molar-refractivity contribution is 0.100. The van der Waals surface area contributed by atoms with Gasteiger partial charge in [0.2, 0.25) is 0 Å². The number of nitrogens with zero attached hydrogens (tertiary/aromatic N) is 2. The molecule has 0 saturated carbocycles. The van der Waals surface area contributed by atoms with E-state index in [-0.39, 0.29) is 17.3 Å². The Morgan fingerprint density at radius 2 is 2.12 bits per heavy atom. The standard InChI is InChI=1S/C24H22N6O3/c1-11-2-3-16-15(9-27-30-16)19(11)13-8-14-22-17(33-23(14)20(21(13)25)24(26)31)4-5-18(29-22)28-12-6-7-32-10-12/h2-5,8-9,12H,6-7,10,25H2,1H3,(H2,26,31)(H,27,30)(H,28,29)/t12-/m0/s1. The zero-order chi connectivity index (χ0) is 22.7. The quantitative estimate of drug-likeness (QED) is 0.310. The van der Waals surface area contributed by atoms with Crippen molar-refractivity contribution in [2.75, 3.05) is 24.3 Å². The number of anilines is 2. The number of ether oxygens (including phenoxy) is 1. The summed E-state index contributed by atoms with van der Waals surface area (Å²) in [6.45, 7) is 3.37. The van der Waals surface area contributed by atoms with Crippen molar-refractivity contribution in [3.63, 3.8) is 0 Å². The molecular weight excluding hydrogens is 420 g/mol. The van der Waals surface area contributed by atoms with E-state index in [2.05, 4.69) is 15.5 Å². The number of aromatic amines is 1. The molecule has 0 spiro atoms. The Labute approximate surface area is 188 Å². The average molecular weight is 442 g/mol. The molecule has 9 heteroatoms. The maximum absolute atomic E-state index is 12.5. The van der Waals surface area contributed by atoms with Gasteiger partial charge in [0.1, 0.15) is 16.9 Å². The van der Waals surface area contributed by atoms with Crippen molar-refractivity contribution in [2.45, 2.75) is 19.4 Å². The summed E-state index contributed by atoms with van der Waals surface area (Å²) in [6.07, 6.45) is 2.68. The highest BCUT2D eigenvalue weighted by Crippen LogP contribution is 2.42. The number of hydrogen-bond donors (Lipinski definition) is 4. The molecule has 33 heavy (non-hydrogen) atoms. The van der Waals surface area contributed by atoms with Gasteiger partial charge in [-0.25, -0.2) is 4.98 Å². The first-order chi connectivity index (χ1) is 16.0. The van der Waals surface area contributed by atoms with Crippen LogP contribution >= 0.6 is 0 Å². The normalized spacial score (nSPS) is 16.2. The Kier molecular flexibility index (Phi) is 4.27. The number of nitrogens with two attached hydrogens (primary N) is 2. The van der Waals surface area contributed by atoms with Gasteiger partial charge in [0.25, 0.3) is 5.91 Å². The van der Waals surface area contributed by atoms with Crippen LogP contribution in [0.15, 0.2) is 40.9 Å². The fourth-order valence-electron chi connectivity index (χ4n) is 4.67. The number of aryl methyl sites for hydroxylation is 1. The molecule has 0 unspecified atom stereocenters. The Morgan fingerprint density at radius 1 is 1.24 bits per heavy atom. The molecule has 1 aliphatic heterocycles. The van der Waals surface area contributed by atoms with Crippen molar-refractivity contribution in [2.24, 2.45) is 5.73 Å². The van der Waals surface area contributed by atoms with Gasteiger partial charge in [0.05, 0.1) is 30.0 Å². The third-order valence-corrected chi connectivity index (χ3v) is 6.28. The maximum Gasteiger partial charge on any atom is 0.254 e. The lowest BCUT2D eigenvalue weighted by atomic mass is 9.92. The number of nitrogen functional groups attached to an aromatic ring is 1. The highest BCUT2D eigenvalue weighted by Gasteiger charge is 2.24. The maximum atomic E-state index is 12.5. The number of benzene rings is 2. The second kappa shape index (κ2) is 7.21. The topological polar surface area (TPSA) is 145 Å². The first kappa shape index (κ1) is 19.6. The van der Waals surface area contributed by atoms with Gasteiger partial charge in [-0.1, -0.05) is 6.07 Å². The molecule has 0 aliphatic carbocycles. The molecule has 1 amide bonds. The number of aromatic nitrogens is 3. The zero-order valence-electron chi connectivity index (χ0n) is 17.9. The van der Waals surface area contributed by atoms with Crippen molar-refractivity contribution in [3.8, 4) is 11.1 Å². The minimum atomic E-state index is -0.656. The smallest absolute Gasteiger partial charge is 0.254 e. The minimum Gasteiger partial charge on any atom is -0.453 e. The van der Waals surface area contributed by atoms with Crippen LogP contribution in [0.5, 0.6) is 0 Å². The van der Waals surface area contributed by atoms with E-state index < -0.39 is 5.91 Å². The van der Waals surface area contributed by atoms with Crippen LogP contribution in [-0.2, 0) is 4.74 Å². The molecule has 1 fully saturated rings. The summed E-state index contributed by atoms with van der Waals surface area (Å²) in [5.41, 5.74) is 17.7. The molecule has 0 radical (unpaired) electrons. The third kappa shape index (κ3) is 3.00. The van der Waals surface area contributed by atoms with Crippen LogP contribution in [0.3, 0.4) is 0 Å². The van der Waals surface area contributed by atoms with Crippen LogP contribution in [0.4, 0.5) is 11.5 Å². The fraction of sp³-hybridized carbons (Fsp3) is 0.208. The Balaban J connectivity index is 1.64. The number of carbonyl (C=O) groups excluding carboxylic acids is 1. The molecule has 6 N–H and O–H groups in total. The number of primary amides is 1. The number of amides is 1. The van der Waals surface area contributed by atoms with Gasteiger partial charge in [-0.15, -0.1) is 0 Å². The van der Waals surface area contributed by atoms with E-state index in [0.717, 1.165) is 35.1 Å². The highest BCUT2D eigenvalue weighted by molar-refractivity contribution is 6.19. The summed E-state index contributed by atoms with van der Waals surface area (Å²) in [7, 11) is 0. The number of carbonyl (C=O) groups is 1. The predicted molar refractivity (Wildman–Crippen MR) is 127 cm³/mol. The SMILES string of the molecule is Cc1ccc2[nH]ncc2c1-c1cc2c(oc3ccc(N[C@H]4CCOC4)nc32)c(C(N)=O)c1N. The van der Waals surface area contributed by atoms with Crippen molar-refractivity contribution in [3.05, 3.63) is 47.7 Å². The van der Waals surface area contributed by atoms with Gasteiger partial charge >= 0.3 is 0 Å². The molecule has 5 aromatic rings. The molecule has 9 nitrogen and oxygen atoms in total. The number of hydrogen-bond acceptors (Lipinski definition) is 7. The second-order valence-corrected chi connectivity index (χ2v) is 8.39. The number of pyridine rings is 1. The molecule has 0 bridgehead atoms. The molecule has 1 saturated heterocycles. The largest absolute Gasteiger partial charge is 0.453 e. The van der Waals surface area contributed by atoms with Crippen molar-refractivity contribution >= 4 is 50.4 Å². The Hall–Kier alpha value is -4.11. The molecule has 2 aromatic carbocycles. The minimum absolute atomic E-state index is 0.152. The molecule has 4 heterocycles. The Morgan fingerprint density at radius 3 is 2.91 bits per heavy atom. The summed E-state index contributed by atoms with van der Waals surface area (Å²) >= 11 is 0. The molecular formula is C24H22N6O3. The summed E-state index contributed by atoms with van der Waals surface area (Å²) in [5.74, 6) is 0.0599. The zero-order valence-corrected chi connectivity index (χ0v) is 17.9. The van der Waals surface area contributed by atoms with Gasteiger partial charge in [0.15, 0.2) is 11.2 Å². The summed E-state index contributed by atoms with van der Waals surface area (Å²) < 4.78 is 11.5. The van der Waals surface area contributed by atoms with Crippen molar-refractivity contribution in [1.82, 2.24) is 15.2 Å². The fourth-order valence-corrected chi connectivity index (χ4v) is 4.67. The second-order valence-electron chi connectivity index (χ2n) is 8.39. The van der Waals surface area contributed by atoms with Crippen LogP contribution in [0.1, 0.15) is 22.3 Å². The monoisotopic (exact) mass is 442 g/mol. The molecule has 166 valence electrons. The van der Waals surface area contributed by atoms with Crippen LogP contribution < -0.4 is 16.8 Å². The molecule has 1 atom stereocenters. The van der Waals surface area contributed by atoms with Gasteiger partial charge in [-0.3, -0.25) is 9.89 Å². The number of H-pyrrole nitrogens is 1. The number of fused-ring (bicyclic) bond motifs is 4. The van der Waals surface area contributed by atoms with E-state index in [0.29, 0.717) is 40.1 Å². The van der Waals surface area contributed by atoms with E-state index in [9.17, 15) is 4.79 Å². The van der Waals surface area contributed by atoms with Crippen LogP contribution in [-0.4, -0.2) is 40.3 Å². The lowest BCUT2D eigenvalue weighted by Gasteiger charge is -2.14. The highest BCUT2D eigenvalue weighted by atomic mass is 16.5. The van der Waals surface area contributed by atoms with Gasteiger partial charge < -0.3 is 25.9 Å². The first-order valence-corrected chi connectivity index (χ1v) is 10.7. The molecule has 3 aromatic heterocycles. The predicted octanol–water partition coefficient (Wildman–Crippen LogP) is 3.71. The van der Waals surface area contributed by atoms with Gasteiger partial charge in [-0.05, 0) is 48.7 Å². The number of furan rings is 1. The number of nitrogens with one attached hydrogen (secondary N) is 2. The Bertz CT molecular complexity index is 1560. The van der Waals surface area contributed by atoms with E-state index >= 15 is 0 Å². The van der Waals surface area contributed by atoms with E-state index in [1.807, 2.05) is 37.3 Å². The van der Waals surface area contributed by atoms with E-state index in [1.54, 1.807) is 6.20 Å². The summed E-state index contributed by atoms with van der Waals surface area (Å²) in [4.78, 5) is 17.3. The van der Waals surface area contributed by atoms with Gasteiger partial charge in [0, 0.05) is 22.9 Å². The van der Waals surface area contributed by atoms with Crippen LogP contribution in [0.25, 0.3) is 44.1 Å². The van der Waals surface area contributed by atoms with Crippen LogP contribution in [0.2, 0.25) is 0 Å². The first-order valence-electron chi connectivity index (χ1n) is 10.7.